The van der Waals surface area contributed by atoms with E-state index in [4.69, 9.17) is 27.9 Å². The van der Waals surface area contributed by atoms with Gasteiger partial charge in [0.2, 0.25) is 0 Å². The van der Waals surface area contributed by atoms with Gasteiger partial charge in [0.25, 0.3) is 0 Å². The van der Waals surface area contributed by atoms with E-state index in [9.17, 15) is 4.79 Å². The molecular formula is C12H8Cl2O2S. The summed E-state index contributed by atoms with van der Waals surface area (Å²) in [5.74, 6) is -0.0580. The van der Waals surface area contributed by atoms with Crippen molar-refractivity contribution in [1.29, 1.82) is 0 Å². The Kier molecular flexibility index (Phi) is 4.05. The number of carbonyl (C=O) groups is 1. The minimum Gasteiger partial charge on any atom is -0.425 e. The summed E-state index contributed by atoms with van der Waals surface area (Å²) >= 11 is 13.2. The number of hydrogen-bond acceptors (Lipinski definition) is 3. The van der Waals surface area contributed by atoms with Gasteiger partial charge < -0.3 is 4.74 Å². The molecule has 5 heteroatoms. The average molecular weight is 287 g/mol. The molecular weight excluding hydrogens is 279 g/mol. The van der Waals surface area contributed by atoms with Gasteiger partial charge in [-0.15, -0.1) is 11.3 Å². The third-order valence-corrected chi connectivity index (χ3v) is 3.72. The van der Waals surface area contributed by atoms with E-state index in [1.807, 2.05) is 17.5 Å². The summed E-state index contributed by atoms with van der Waals surface area (Å²) in [4.78, 5) is 12.6. The highest BCUT2D eigenvalue weighted by Gasteiger charge is 2.11. The summed E-state index contributed by atoms with van der Waals surface area (Å²) in [6.45, 7) is 0. The lowest BCUT2D eigenvalue weighted by molar-refractivity contribution is -0.133. The molecule has 17 heavy (non-hydrogen) atoms. The van der Waals surface area contributed by atoms with Crippen LogP contribution in [-0.2, 0) is 11.2 Å². The number of rotatable bonds is 3. The first kappa shape index (κ1) is 12.4. The molecule has 0 aliphatic heterocycles. The Balaban J connectivity index is 2.06. The van der Waals surface area contributed by atoms with Crippen molar-refractivity contribution < 1.29 is 9.53 Å². The summed E-state index contributed by atoms with van der Waals surface area (Å²) in [6.07, 6.45) is 0.237. The zero-order valence-corrected chi connectivity index (χ0v) is 11.0. The zero-order valence-electron chi connectivity index (χ0n) is 8.65. The summed E-state index contributed by atoms with van der Waals surface area (Å²) in [5, 5.41) is 2.54. The topological polar surface area (TPSA) is 26.3 Å². The smallest absolute Gasteiger partial charge is 0.316 e. The molecule has 0 aliphatic carbocycles. The van der Waals surface area contributed by atoms with Crippen molar-refractivity contribution in [3.05, 3.63) is 50.6 Å². The number of ether oxygens (including phenoxy) is 1. The first-order valence-corrected chi connectivity index (χ1v) is 6.47. The number of thiophene rings is 1. The predicted molar refractivity (Wildman–Crippen MR) is 70.1 cm³/mol. The van der Waals surface area contributed by atoms with Gasteiger partial charge in [0.05, 0.1) is 11.4 Å². The molecule has 0 amide bonds. The Morgan fingerprint density at radius 3 is 2.76 bits per heavy atom. The molecule has 0 aliphatic rings. The molecule has 1 aromatic carbocycles. The highest BCUT2D eigenvalue weighted by atomic mass is 35.5. The molecule has 0 atom stereocenters. The van der Waals surface area contributed by atoms with Gasteiger partial charge >= 0.3 is 5.97 Å². The highest BCUT2D eigenvalue weighted by molar-refractivity contribution is 7.10. The van der Waals surface area contributed by atoms with Crippen LogP contribution in [0.15, 0.2) is 35.7 Å². The second kappa shape index (κ2) is 5.54. The van der Waals surface area contributed by atoms with E-state index in [2.05, 4.69) is 0 Å². The fourth-order valence-corrected chi connectivity index (χ4v) is 2.30. The standard InChI is InChI=1S/C12H8Cl2O2S/c13-9-4-1-5-10(12(9)14)16-11(15)7-8-3-2-6-17-8/h1-6H,7H2. The Labute approximate surface area is 113 Å². The number of halogens is 2. The Hall–Kier alpha value is -1.03. The van der Waals surface area contributed by atoms with E-state index in [1.54, 1.807) is 18.2 Å². The van der Waals surface area contributed by atoms with Crippen molar-refractivity contribution in [2.75, 3.05) is 0 Å². The average Bonchev–Trinajstić information content (AvgIpc) is 2.77. The van der Waals surface area contributed by atoms with E-state index in [1.165, 1.54) is 11.3 Å². The summed E-state index contributed by atoms with van der Waals surface area (Å²) in [5.41, 5.74) is 0. The fourth-order valence-electron chi connectivity index (χ4n) is 1.28. The minimum absolute atomic E-state index is 0.237. The van der Waals surface area contributed by atoms with Crippen molar-refractivity contribution in [1.82, 2.24) is 0 Å². The molecule has 2 rings (SSSR count). The molecule has 0 bridgehead atoms. The summed E-state index contributed by atoms with van der Waals surface area (Å²) < 4.78 is 5.15. The molecule has 1 aromatic heterocycles. The predicted octanol–water partition coefficient (Wildman–Crippen LogP) is 4.20. The first-order chi connectivity index (χ1) is 8.16. The highest BCUT2D eigenvalue weighted by Crippen LogP contribution is 2.31. The maximum atomic E-state index is 11.6. The lowest BCUT2D eigenvalue weighted by Crippen LogP contribution is -2.10. The van der Waals surface area contributed by atoms with Crippen LogP contribution >= 0.6 is 34.5 Å². The number of carbonyl (C=O) groups excluding carboxylic acids is 1. The van der Waals surface area contributed by atoms with Gasteiger partial charge in [0.15, 0.2) is 5.75 Å². The van der Waals surface area contributed by atoms with Crippen LogP contribution in [0.4, 0.5) is 0 Å². The first-order valence-electron chi connectivity index (χ1n) is 4.84. The lowest BCUT2D eigenvalue weighted by Gasteiger charge is -2.06. The summed E-state index contributed by atoms with van der Waals surface area (Å²) in [6, 6.07) is 8.70. The molecule has 2 aromatic rings. The van der Waals surface area contributed by atoms with Crippen LogP contribution in [0, 0.1) is 0 Å². The second-order valence-corrected chi connectivity index (χ2v) is 5.10. The third-order valence-electron chi connectivity index (χ3n) is 2.04. The van der Waals surface area contributed by atoms with Gasteiger partial charge in [-0.05, 0) is 23.6 Å². The minimum atomic E-state index is -0.350. The van der Waals surface area contributed by atoms with Crippen molar-refractivity contribution >= 4 is 40.5 Å². The van der Waals surface area contributed by atoms with Crippen molar-refractivity contribution in [2.45, 2.75) is 6.42 Å². The van der Waals surface area contributed by atoms with E-state index >= 15 is 0 Å². The lowest BCUT2D eigenvalue weighted by atomic mass is 10.3. The van der Waals surface area contributed by atoms with Crippen LogP contribution in [-0.4, -0.2) is 5.97 Å². The van der Waals surface area contributed by atoms with Crippen LogP contribution in [0.5, 0.6) is 5.75 Å². The SMILES string of the molecule is O=C(Cc1cccs1)Oc1cccc(Cl)c1Cl. The van der Waals surface area contributed by atoms with Gasteiger partial charge in [0.1, 0.15) is 5.02 Å². The van der Waals surface area contributed by atoms with Crippen LogP contribution in [0.25, 0.3) is 0 Å². The molecule has 2 nitrogen and oxygen atoms in total. The van der Waals surface area contributed by atoms with Gasteiger partial charge in [-0.3, -0.25) is 4.79 Å². The molecule has 0 N–H and O–H groups in total. The molecule has 0 spiro atoms. The molecule has 0 fully saturated rings. The maximum absolute atomic E-state index is 11.6. The van der Waals surface area contributed by atoms with Crippen molar-refractivity contribution in [3.8, 4) is 5.75 Å². The Bertz CT molecular complexity index is 523. The normalized spacial score (nSPS) is 10.2. The van der Waals surface area contributed by atoms with Crippen LogP contribution in [0.1, 0.15) is 4.88 Å². The molecule has 0 unspecified atom stereocenters. The van der Waals surface area contributed by atoms with Crippen molar-refractivity contribution in [2.24, 2.45) is 0 Å². The summed E-state index contributed by atoms with van der Waals surface area (Å²) in [7, 11) is 0. The molecule has 0 saturated carbocycles. The Morgan fingerprint density at radius 1 is 1.24 bits per heavy atom. The number of hydrogen-bond donors (Lipinski definition) is 0. The van der Waals surface area contributed by atoms with Crippen LogP contribution in [0.2, 0.25) is 10.0 Å². The molecule has 1 heterocycles. The molecule has 0 radical (unpaired) electrons. The van der Waals surface area contributed by atoms with E-state index in [0.29, 0.717) is 10.8 Å². The van der Waals surface area contributed by atoms with Gasteiger partial charge in [0, 0.05) is 4.88 Å². The Morgan fingerprint density at radius 2 is 2.06 bits per heavy atom. The number of esters is 1. The second-order valence-electron chi connectivity index (χ2n) is 3.28. The van der Waals surface area contributed by atoms with Crippen LogP contribution < -0.4 is 4.74 Å². The van der Waals surface area contributed by atoms with Gasteiger partial charge in [-0.25, -0.2) is 0 Å². The third kappa shape index (κ3) is 3.22. The van der Waals surface area contributed by atoms with Gasteiger partial charge in [-0.2, -0.15) is 0 Å². The zero-order chi connectivity index (χ0) is 12.3. The van der Waals surface area contributed by atoms with E-state index < -0.39 is 0 Å². The van der Waals surface area contributed by atoms with E-state index in [-0.39, 0.29) is 17.4 Å². The van der Waals surface area contributed by atoms with Crippen LogP contribution in [0.3, 0.4) is 0 Å². The van der Waals surface area contributed by atoms with Crippen molar-refractivity contribution in [3.63, 3.8) is 0 Å². The largest absolute Gasteiger partial charge is 0.425 e. The monoisotopic (exact) mass is 286 g/mol. The fraction of sp³-hybridized carbons (Fsp3) is 0.0833. The van der Waals surface area contributed by atoms with E-state index in [0.717, 1.165) is 4.88 Å². The quantitative estimate of drug-likeness (QED) is 0.624. The number of benzene rings is 1. The molecule has 0 saturated heterocycles. The van der Waals surface area contributed by atoms with Gasteiger partial charge in [-0.1, -0.05) is 35.3 Å². The maximum Gasteiger partial charge on any atom is 0.316 e. The molecule has 88 valence electrons.